The zero-order valence-corrected chi connectivity index (χ0v) is 20.9. The second-order valence-electron chi connectivity index (χ2n) is 9.40. The number of ketones is 1. The molecule has 4 atom stereocenters. The first kappa shape index (κ1) is 25.1. The van der Waals surface area contributed by atoms with Crippen molar-refractivity contribution in [3.8, 4) is 5.75 Å². The van der Waals surface area contributed by atoms with Crippen molar-refractivity contribution in [2.45, 2.75) is 58.2 Å². The fourth-order valence-corrected chi connectivity index (χ4v) is 4.28. The van der Waals surface area contributed by atoms with Crippen LogP contribution in [0.3, 0.4) is 0 Å². The van der Waals surface area contributed by atoms with Gasteiger partial charge >= 0.3 is 5.97 Å². The Balaban J connectivity index is 1.86. The van der Waals surface area contributed by atoms with Gasteiger partial charge in [-0.1, -0.05) is 25.2 Å². The summed E-state index contributed by atoms with van der Waals surface area (Å²) in [6.45, 7) is 7.21. The molecule has 0 N–H and O–H groups in total. The number of ether oxygens (including phenoxy) is 5. The summed E-state index contributed by atoms with van der Waals surface area (Å²) in [5, 5.41) is 0. The predicted octanol–water partition coefficient (Wildman–Crippen LogP) is 3.80. The number of benzene rings is 1. The van der Waals surface area contributed by atoms with Crippen LogP contribution >= 0.6 is 0 Å². The highest BCUT2D eigenvalue weighted by atomic mass is 16.8. The average molecular weight is 485 g/mol. The van der Waals surface area contributed by atoms with Crippen LogP contribution in [0, 0.1) is 5.92 Å². The zero-order valence-electron chi connectivity index (χ0n) is 20.9. The van der Waals surface area contributed by atoms with Crippen molar-refractivity contribution in [2.24, 2.45) is 13.0 Å². The van der Waals surface area contributed by atoms with E-state index in [4.69, 9.17) is 23.7 Å². The van der Waals surface area contributed by atoms with Gasteiger partial charge in [-0.25, -0.2) is 9.78 Å². The molecule has 0 unspecified atom stereocenters. The van der Waals surface area contributed by atoms with Crippen molar-refractivity contribution < 1.29 is 33.3 Å². The SMILES string of the molecule is COCOc1cc2c(ncn2C)c2c1C(=O)O[C@@H](C)[C@H](C)/C=C\C(=O)[C@H]1OC(C)(C)O[C@H]1C/C=C/2. The van der Waals surface area contributed by atoms with Crippen molar-refractivity contribution in [3.63, 3.8) is 0 Å². The van der Waals surface area contributed by atoms with Gasteiger partial charge in [0.2, 0.25) is 0 Å². The Morgan fingerprint density at radius 1 is 1.20 bits per heavy atom. The maximum atomic E-state index is 13.5. The smallest absolute Gasteiger partial charge is 0.342 e. The number of hydrogen-bond donors (Lipinski definition) is 0. The Hall–Kier alpha value is -3.01. The van der Waals surface area contributed by atoms with Crippen LogP contribution in [0.5, 0.6) is 5.75 Å². The van der Waals surface area contributed by atoms with Crippen LogP contribution in [0.15, 0.2) is 30.6 Å². The normalized spacial score (nSPS) is 28.6. The Morgan fingerprint density at radius 2 is 1.97 bits per heavy atom. The highest BCUT2D eigenvalue weighted by Crippen LogP contribution is 2.35. The number of aryl methyl sites for hydroxylation is 1. The van der Waals surface area contributed by atoms with E-state index in [1.165, 1.54) is 13.2 Å². The van der Waals surface area contributed by atoms with E-state index in [1.54, 1.807) is 45.3 Å². The van der Waals surface area contributed by atoms with Crippen molar-refractivity contribution in [2.75, 3.05) is 13.9 Å². The van der Waals surface area contributed by atoms with Gasteiger partial charge in [-0.05, 0) is 33.3 Å². The number of nitrogens with zero attached hydrogens (tertiary/aromatic N) is 2. The summed E-state index contributed by atoms with van der Waals surface area (Å²) in [6, 6.07) is 1.76. The molecule has 0 amide bonds. The number of imidazole rings is 1. The van der Waals surface area contributed by atoms with E-state index in [1.807, 2.05) is 24.6 Å². The van der Waals surface area contributed by atoms with Crippen molar-refractivity contribution in [1.82, 2.24) is 9.55 Å². The summed E-state index contributed by atoms with van der Waals surface area (Å²) in [6.07, 6.45) is 7.25. The van der Waals surface area contributed by atoms with E-state index < -0.39 is 30.1 Å². The highest BCUT2D eigenvalue weighted by molar-refractivity contribution is 6.04. The first-order chi connectivity index (χ1) is 16.6. The third-order valence-electron chi connectivity index (χ3n) is 6.27. The summed E-state index contributed by atoms with van der Waals surface area (Å²) in [5.74, 6) is -1.49. The minimum Gasteiger partial charge on any atom is -0.467 e. The molecule has 9 nitrogen and oxygen atoms in total. The molecule has 0 bridgehead atoms. The monoisotopic (exact) mass is 484 g/mol. The Bertz CT molecular complexity index is 1180. The van der Waals surface area contributed by atoms with E-state index >= 15 is 0 Å². The van der Waals surface area contributed by atoms with Crippen LogP contribution in [-0.4, -0.2) is 59.3 Å². The molecule has 35 heavy (non-hydrogen) atoms. The van der Waals surface area contributed by atoms with Crippen LogP contribution in [-0.2, 0) is 30.8 Å². The molecule has 1 saturated heterocycles. The van der Waals surface area contributed by atoms with E-state index in [0.29, 0.717) is 23.3 Å². The lowest BCUT2D eigenvalue weighted by molar-refractivity contribution is -0.152. The molecule has 0 aliphatic carbocycles. The standard InChI is InChI=1S/C26H32N2O7/c1-15-10-11-19(29)24-20(34-26(3,4)35-24)9-7-8-17-22(25(30)33-16(15)2)21(32-14-31-6)12-18-23(17)27-13-28(18)5/h7-8,10-13,15-16,20,24H,9,14H2,1-6H3/b8-7+,11-10-/t15-,16+,20+,24-/m1/s1. The van der Waals surface area contributed by atoms with E-state index in [-0.39, 0.29) is 24.1 Å². The number of fused-ring (bicyclic) bond motifs is 4. The van der Waals surface area contributed by atoms with E-state index in [9.17, 15) is 9.59 Å². The van der Waals surface area contributed by atoms with Crippen molar-refractivity contribution in [3.05, 3.63) is 41.7 Å². The minimum atomic E-state index is -0.883. The summed E-state index contributed by atoms with van der Waals surface area (Å²) in [5.41, 5.74) is 2.24. The van der Waals surface area contributed by atoms with Gasteiger partial charge in [0.1, 0.15) is 23.5 Å². The first-order valence-corrected chi connectivity index (χ1v) is 11.7. The second-order valence-corrected chi connectivity index (χ2v) is 9.40. The van der Waals surface area contributed by atoms with Gasteiger partial charge in [-0.2, -0.15) is 0 Å². The second kappa shape index (κ2) is 9.93. The van der Waals surface area contributed by atoms with Crippen molar-refractivity contribution >= 4 is 28.9 Å². The van der Waals surface area contributed by atoms with E-state index in [0.717, 1.165) is 5.52 Å². The number of carbonyl (C=O) groups is 2. The quantitative estimate of drug-likeness (QED) is 0.479. The summed E-state index contributed by atoms with van der Waals surface area (Å²) in [7, 11) is 3.38. The first-order valence-electron chi connectivity index (χ1n) is 11.7. The van der Waals surface area contributed by atoms with Crippen LogP contribution in [0.2, 0.25) is 0 Å². The Labute approximate surface area is 204 Å². The molecule has 1 aromatic heterocycles. The van der Waals surface area contributed by atoms with Crippen LogP contribution in [0.1, 0.15) is 50.0 Å². The fraction of sp³-hybridized carbons (Fsp3) is 0.500. The molecule has 1 fully saturated rings. The maximum absolute atomic E-state index is 13.5. The average Bonchev–Trinajstić information content (AvgIpc) is 3.33. The van der Waals surface area contributed by atoms with Gasteiger partial charge in [0.25, 0.3) is 0 Å². The lowest BCUT2D eigenvalue weighted by atomic mass is 9.99. The molecule has 188 valence electrons. The molecular formula is C26H32N2O7. The molecule has 2 aliphatic rings. The number of cyclic esters (lactones) is 1. The molecule has 3 heterocycles. The van der Waals surface area contributed by atoms with Gasteiger partial charge in [-0.15, -0.1) is 0 Å². The molecule has 0 spiro atoms. The number of aromatic nitrogens is 2. The number of carbonyl (C=O) groups excluding carboxylic acids is 2. The van der Waals surface area contributed by atoms with Gasteiger partial charge in [0.05, 0.1) is 23.5 Å². The minimum absolute atomic E-state index is 0.0341. The van der Waals surface area contributed by atoms with Crippen LogP contribution < -0.4 is 4.74 Å². The topological polar surface area (TPSA) is 98.1 Å². The Kier molecular flexibility index (Phi) is 7.12. The largest absolute Gasteiger partial charge is 0.467 e. The fourth-order valence-electron chi connectivity index (χ4n) is 4.28. The molecule has 4 rings (SSSR count). The van der Waals surface area contributed by atoms with Gasteiger partial charge in [0.15, 0.2) is 18.4 Å². The maximum Gasteiger partial charge on any atom is 0.342 e. The molecule has 2 aliphatic heterocycles. The molecule has 2 aromatic rings. The summed E-state index contributed by atoms with van der Waals surface area (Å²) in [4.78, 5) is 30.9. The third-order valence-corrected chi connectivity index (χ3v) is 6.27. The molecule has 9 heteroatoms. The molecular weight excluding hydrogens is 452 g/mol. The van der Waals surface area contributed by atoms with Crippen LogP contribution in [0.25, 0.3) is 17.1 Å². The number of hydrogen-bond acceptors (Lipinski definition) is 8. The molecule has 1 aromatic carbocycles. The highest BCUT2D eigenvalue weighted by Gasteiger charge is 2.43. The van der Waals surface area contributed by atoms with Gasteiger partial charge in [-0.3, -0.25) is 4.79 Å². The van der Waals surface area contributed by atoms with Crippen molar-refractivity contribution in [1.29, 1.82) is 0 Å². The summed E-state index contributed by atoms with van der Waals surface area (Å²) < 4.78 is 30.5. The lowest BCUT2D eigenvalue weighted by Gasteiger charge is -2.21. The molecule has 0 radical (unpaired) electrons. The van der Waals surface area contributed by atoms with Gasteiger partial charge in [0, 0.05) is 31.7 Å². The Morgan fingerprint density at radius 3 is 2.71 bits per heavy atom. The number of rotatable bonds is 3. The number of methoxy groups -OCH3 is 1. The lowest BCUT2D eigenvalue weighted by Crippen LogP contribution is -2.30. The van der Waals surface area contributed by atoms with Crippen LogP contribution in [0.4, 0.5) is 0 Å². The molecule has 0 saturated carbocycles. The summed E-state index contributed by atoms with van der Waals surface area (Å²) >= 11 is 0. The van der Waals surface area contributed by atoms with Gasteiger partial charge < -0.3 is 28.3 Å². The predicted molar refractivity (Wildman–Crippen MR) is 129 cm³/mol. The number of esters is 1. The van der Waals surface area contributed by atoms with E-state index in [2.05, 4.69) is 4.98 Å². The third kappa shape index (κ3) is 5.17. The zero-order chi connectivity index (χ0) is 25.3.